The van der Waals surface area contributed by atoms with Crippen LogP contribution >= 0.6 is 11.6 Å². The highest BCUT2D eigenvalue weighted by atomic mass is 35.5. The van der Waals surface area contributed by atoms with Crippen molar-refractivity contribution in [3.8, 4) is 0 Å². The fourth-order valence-corrected chi connectivity index (χ4v) is 15.8. The third kappa shape index (κ3) is 19.2. The second-order valence-electron chi connectivity index (χ2n) is 30.2. The summed E-state index contributed by atoms with van der Waals surface area (Å²) in [5.41, 5.74) is -2.36. The van der Waals surface area contributed by atoms with Crippen molar-refractivity contribution < 1.29 is 75.4 Å². The first-order chi connectivity index (χ1) is 47.7. The van der Waals surface area contributed by atoms with E-state index in [1.807, 2.05) is 13.8 Å². The number of amides is 12. The summed E-state index contributed by atoms with van der Waals surface area (Å²) < 4.78 is 47.7. The number of piperidine rings is 1. The third-order valence-corrected chi connectivity index (χ3v) is 22.3. The predicted octanol–water partition coefficient (Wildman–Crippen LogP) is 5.16. The number of hydrogen-bond acceptors (Lipinski definition) is 13. The van der Waals surface area contributed by atoms with E-state index in [1.165, 1.54) is 89.6 Å². The summed E-state index contributed by atoms with van der Waals surface area (Å²) in [4.78, 5) is 191. The van der Waals surface area contributed by atoms with Crippen molar-refractivity contribution in [2.24, 2.45) is 17.8 Å². The first-order valence-corrected chi connectivity index (χ1v) is 36.9. The van der Waals surface area contributed by atoms with Gasteiger partial charge in [-0.3, -0.25) is 57.5 Å². The zero-order valence-corrected chi connectivity index (χ0v) is 61.6. The minimum absolute atomic E-state index is 0.0168. The fraction of sp³-hybridized carbons (Fsp3) is 0.750. The molecule has 1 spiro atoms. The Morgan fingerprint density at radius 2 is 1.28 bits per heavy atom. The molecule has 3 aliphatic carbocycles. The van der Waals surface area contributed by atoms with Crippen molar-refractivity contribution in [1.29, 1.82) is 0 Å². The normalized spacial score (nSPS) is 28.1. The molecule has 0 unspecified atom stereocenters. The summed E-state index contributed by atoms with van der Waals surface area (Å²) in [6, 6.07) is -8.13. The van der Waals surface area contributed by atoms with Gasteiger partial charge >= 0.3 is 6.18 Å². The number of ether oxygens (including phenoxy) is 1. The van der Waals surface area contributed by atoms with Crippen LogP contribution in [0, 0.1) is 17.8 Å². The van der Waals surface area contributed by atoms with Crippen LogP contribution in [-0.4, -0.2) is 263 Å². The van der Waals surface area contributed by atoms with Gasteiger partial charge < -0.3 is 64.8 Å². The third-order valence-electron chi connectivity index (χ3n) is 22.0. The molecule has 562 valence electrons. The average Bonchev–Trinajstić information content (AvgIpc) is 1.69. The molecule has 0 aromatic heterocycles. The molecule has 25 nitrogen and oxygen atoms in total. The minimum Gasteiger partial charge on any atom is -0.376 e. The number of nitrogens with one attached hydrogen (secondary N) is 3. The molecule has 29 heteroatoms. The smallest absolute Gasteiger partial charge is 0.376 e. The van der Waals surface area contributed by atoms with Crippen LogP contribution in [0.1, 0.15) is 181 Å². The van der Waals surface area contributed by atoms with E-state index in [2.05, 4.69) is 16.0 Å². The second kappa shape index (κ2) is 34.5. The molecule has 9 atom stereocenters. The molecule has 101 heavy (non-hydrogen) atoms. The van der Waals surface area contributed by atoms with Crippen LogP contribution in [0.4, 0.5) is 13.2 Å². The summed E-state index contributed by atoms with van der Waals surface area (Å²) in [6.45, 7) is 8.65. The van der Waals surface area contributed by atoms with Gasteiger partial charge in [0.1, 0.15) is 59.9 Å². The number of likely N-dealkylation sites (tertiary alicyclic amines) is 1. The monoisotopic (exact) mass is 1440 g/mol. The molecular weight excluding hydrogens is 1330 g/mol. The molecule has 1 aromatic rings. The Labute approximate surface area is 597 Å². The van der Waals surface area contributed by atoms with E-state index in [9.17, 15) is 46.7 Å². The molecule has 7 aliphatic rings. The maximum Gasteiger partial charge on any atom is 0.417 e. The molecule has 0 bridgehead atoms. The summed E-state index contributed by atoms with van der Waals surface area (Å²) in [6.07, 6.45) is 4.50. The highest BCUT2D eigenvalue weighted by Gasteiger charge is 2.52. The van der Waals surface area contributed by atoms with Crippen molar-refractivity contribution >= 4 is 82.5 Å². The van der Waals surface area contributed by atoms with E-state index in [4.69, 9.17) is 16.3 Å². The van der Waals surface area contributed by atoms with Crippen molar-refractivity contribution in [1.82, 2.24) is 60.0 Å². The number of hydrogen-bond donors (Lipinski definition) is 3. The van der Waals surface area contributed by atoms with Crippen molar-refractivity contribution in [2.75, 3.05) is 81.6 Å². The van der Waals surface area contributed by atoms with Gasteiger partial charge in [-0.05, 0) is 132 Å². The Morgan fingerprint density at radius 1 is 0.634 bits per heavy atom. The first-order valence-electron chi connectivity index (χ1n) is 36.5. The van der Waals surface area contributed by atoms with E-state index in [-0.39, 0.29) is 89.0 Å². The Bertz CT molecular complexity index is 3210. The zero-order valence-electron chi connectivity index (χ0n) is 60.9. The van der Waals surface area contributed by atoms with E-state index in [0.717, 1.165) is 68.4 Å². The summed E-state index contributed by atoms with van der Waals surface area (Å²) in [5.74, 6) is -8.65. The number of nitrogens with zero attached hydrogens (tertiary/aromatic N) is 9. The lowest BCUT2D eigenvalue weighted by Crippen LogP contribution is -2.65. The van der Waals surface area contributed by atoms with Gasteiger partial charge in [0.25, 0.3) is 0 Å². The number of aryl methyl sites for hydroxylation is 1. The lowest BCUT2D eigenvalue weighted by molar-refractivity contribution is -0.160. The summed E-state index contributed by atoms with van der Waals surface area (Å²) in [5, 5.41) is 8.06. The fourth-order valence-electron chi connectivity index (χ4n) is 15.5. The standard InChI is InChI=1S/C72H108ClF3N12O13/c1-43(2)37-55-61(91)78-52(42-101-48-26-27-48)64(94)81(7)45(5)63(93)88-36-30-54(88)67(97)83(9)56(39-46-21-14-12-15-22-46)66(96)80(6)41-58(89)77-51(29-25-47-24-28-49(50(73)38-47)72(74,75)76)65(95)87-35-20-23-53(87)62(92)79-71(31-16-17-32-71)70(100)85(11)60(44(3)4)69(99)84(10)57(40-59(90)82(55)8)68(98)86-33-18-13-19-34-86/h24,28,38,43-46,48,51-57,60H,12-23,25-27,29-37,39-42H2,1-11H3,(H,77,89)(H,78,91)(H,79,92)/t45-,51-,52-,53-,54-,55-,56-,57-,60-/m0/s1. The van der Waals surface area contributed by atoms with Crippen LogP contribution in [0.5, 0.6) is 0 Å². The molecule has 1 aromatic carbocycles. The number of carbonyl (C=O) groups excluding carboxylic acids is 12. The molecule has 12 amide bonds. The number of alkyl halides is 3. The van der Waals surface area contributed by atoms with Gasteiger partial charge in [-0.2, -0.15) is 13.2 Å². The first kappa shape index (κ1) is 79.6. The lowest BCUT2D eigenvalue weighted by atomic mass is 9.84. The Balaban J connectivity index is 1.16. The number of benzene rings is 1. The van der Waals surface area contributed by atoms with E-state index < -0.39 is 166 Å². The predicted molar refractivity (Wildman–Crippen MR) is 368 cm³/mol. The molecular formula is C72H108ClF3N12O13. The van der Waals surface area contributed by atoms with Gasteiger partial charge in [0.05, 0.1) is 36.3 Å². The summed E-state index contributed by atoms with van der Waals surface area (Å²) >= 11 is 6.16. The quantitative estimate of drug-likeness (QED) is 0.244. The van der Waals surface area contributed by atoms with E-state index in [1.54, 1.807) is 18.7 Å². The lowest BCUT2D eigenvalue weighted by Gasteiger charge is -2.45. The number of likely N-dealkylation sites (N-methyl/N-ethyl adjacent to an activating group) is 6. The number of carbonyl (C=O) groups is 12. The van der Waals surface area contributed by atoms with E-state index >= 15 is 24.0 Å². The largest absolute Gasteiger partial charge is 0.417 e. The van der Waals surface area contributed by atoms with Gasteiger partial charge in [0.15, 0.2) is 0 Å². The SMILES string of the molecule is CC(C)C[C@H]1C(=O)N[C@@H](COC2CC2)C(=O)N(C)[C@@H](C)C(=O)N2CC[C@H]2C(=O)N(C)[C@@H](CC2CCCCC2)C(=O)N(C)CC(=O)N[C@@H](CCc2ccc(C(F)(F)F)c(Cl)c2)C(=O)N2CCC[C@H]2C(=O)NC2(CCCC2)C(=O)N(C)[C@@H](C(C)C)C(=O)N(C)[C@H](C(=O)N2CCCCC2)CC(=O)N1C. The highest BCUT2D eigenvalue weighted by molar-refractivity contribution is 6.31. The van der Waals surface area contributed by atoms with E-state index in [0.29, 0.717) is 50.8 Å². The molecule has 8 rings (SSSR count). The summed E-state index contributed by atoms with van der Waals surface area (Å²) in [7, 11) is 8.54. The van der Waals surface area contributed by atoms with Crippen LogP contribution in [-0.2, 0) is 74.9 Å². The maximum atomic E-state index is 15.4. The molecule has 3 N–H and O–H groups in total. The Kier molecular flexibility index (Phi) is 27.2. The second-order valence-corrected chi connectivity index (χ2v) is 30.6. The molecule has 4 heterocycles. The van der Waals surface area contributed by atoms with Crippen LogP contribution in [0.15, 0.2) is 18.2 Å². The molecule has 7 fully saturated rings. The number of rotatable bonds is 12. The van der Waals surface area contributed by atoms with Gasteiger partial charge in [0, 0.05) is 68.5 Å². The topological polar surface area (TPSA) is 279 Å². The van der Waals surface area contributed by atoms with Gasteiger partial charge in [0.2, 0.25) is 70.9 Å². The maximum absolute atomic E-state index is 15.4. The van der Waals surface area contributed by atoms with Crippen LogP contribution < -0.4 is 16.0 Å². The van der Waals surface area contributed by atoms with Gasteiger partial charge in [-0.1, -0.05) is 90.3 Å². The Hall–Kier alpha value is -7.10. The van der Waals surface area contributed by atoms with Gasteiger partial charge in [-0.25, -0.2) is 0 Å². The zero-order chi connectivity index (χ0) is 74.1. The molecule has 0 radical (unpaired) electrons. The Morgan fingerprint density at radius 3 is 1.87 bits per heavy atom. The highest BCUT2D eigenvalue weighted by Crippen LogP contribution is 2.38. The van der Waals surface area contributed by atoms with Gasteiger partial charge in [-0.15, -0.1) is 0 Å². The van der Waals surface area contributed by atoms with Crippen molar-refractivity contribution in [3.63, 3.8) is 0 Å². The number of fused-ring (bicyclic) bond motifs is 2. The van der Waals surface area contributed by atoms with Crippen LogP contribution in [0.25, 0.3) is 0 Å². The van der Waals surface area contributed by atoms with Crippen LogP contribution in [0.3, 0.4) is 0 Å². The van der Waals surface area contributed by atoms with Crippen molar-refractivity contribution in [2.45, 2.75) is 248 Å². The number of halogens is 4. The van der Waals surface area contributed by atoms with Crippen LogP contribution in [0.2, 0.25) is 5.02 Å². The molecule has 4 aliphatic heterocycles. The van der Waals surface area contributed by atoms with Crippen molar-refractivity contribution in [3.05, 3.63) is 34.3 Å². The molecule has 4 saturated heterocycles. The minimum atomic E-state index is -4.76. The molecule has 3 saturated carbocycles. The average molecular weight is 1440 g/mol.